The highest BCUT2D eigenvalue weighted by molar-refractivity contribution is 5.15. The molecule has 26 heavy (non-hydrogen) atoms. The van der Waals surface area contributed by atoms with Gasteiger partial charge in [0, 0.05) is 6.61 Å². The highest BCUT2D eigenvalue weighted by Gasteiger charge is 2.07. The Morgan fingerprint density at radius 2 is 1.31 bits per heavy atom. The molecule has 2 atom stereocenters. The first-order valence-corrected chi connectivity index (χ1v) is 9.88. The molecule has 2 aromatic carbocycles. The molecule has 0 aliphatic heterocycles. The van der Waals surface area contributed by atoms with Crippen LogP contribution in [0.1, 0.15) is 51.2 Å². The van der Waals surface area contributed by atoms with Gasteiger partial charge in [-0.3, -0.25) is 0 Å². The molecule has 0 bridgehead atoms. The summed E-state index contributed by atoms with van der Waals surface area (Å²) in [5, 5.41) is 18.4. The first-order chi connectivity index (χ1) is 12.5. The lowest BCUT2D eigenvalue weighted by atomic mass is 9.99. The Morgan fingerprint density at radius 3 is 1.81 bits per heavy atom. The van der Waals surface area contributed by atoms with Crippen LogP contribution in [0.4, 0.5) is 0 Å². The summed E-state index contributed by atoms with van der Waals surface area (Å²) in [6.45, 7) is 6.78. The molecule has 0 saturated heterocycles. The van der Waals surface area contributed by atoms with Gasteiger partial charge in [-0.05, 0) is 55.1 Å². The maximum Gasteiger partial charge on any atom is 0.0583 e. The Hall–Kier alpha value is -1.64. The van der Waals surface area contributed by atoms with Crippen molar-refractivity contribution in [1.29, 1.82) is 0 Å². The highest BCUT2D eigenvalue weighted by Crippen LogP contribution is 2.12. The van der Waals surface area contributed by atoms with Gasteiger partial charge in [0.05, 0.1) is 6.10 Å². The average Bonchev–Trinajstić information content (AvgIpc) is 2.62. The molecule has 0 fully saturated rings. The second-order valence-corrected chi connectivity index (χ2v) is 7.61. The fraction of sp³-hybridized carbons (Fsp3) is 0.500. The van der Waals surface area contributed by atoms with Gasteiger partial charge in [-0.15, -0.1) is 0 Å². The number of hydrogen-bond donors (Lipinski definition) is 2. The van der Waals surface area contributed by atoms with Crippen LogP contribution in [0.15, 0.2) is 60.7 Å². The lowest BCUT2D eigenvalue weighted by Gasteiger charge is -2.12. The lowest BCUT2D eigenvalue weighted by molar-refractivity contribution is 0.149. The van der Waals surface area contributed by atoms with Crippen molar-refractivity contribution in [2.45, 2.75) is 59.0 Å². The van der Waals surface area contributed by atoms with Crippen molar-refractivity contribution in [3.05, 3.63) is 71.8 Å². The highest BCUT2D eigenvalue weighted by atomic mass is 16.3. The lowest BCUT2D eigenvalue weighted by Crippen LogP contribution is -2.13. The molecule has 2 unspecified atom stereocenters. The summed E-state index contributed by atoms with van der Waals surface area (Å²) in [7, 11) is 0. The van der Waals surface area contributed by atoms with E-state index < -0.39 is 0 Å². The standard InChI is InChI=1S/2C12H18O/c1-10(2)8-12(13)9-11-6-4-3-5-7-11;1-11(9-10-13)7-8-12-5-3-2-4-6-12/h3-7,10,12-13H,8-9H2,1-2H3;2-6,11,13H,7-10H2,1H3. The van der Waals surface area contributed by atoms with E-state index in [0.29, 0.717) is 18.4 Å². The molecule has 2 aromatic rings. The molecule has 144 valence electrons. The largest absolute Gasteiger partial charge is 0.396 e. The van der Waals surface area contributed by atoms with Crippen molar-refractivity contribution in [3.63, 3.8) is 0 Å². The number of benzene rings is 2. The van der Waals surface area contributed by atoms with E-state index in [-0.39, 0.29) is 6.10 Å². The molecule has 0 amide bonds. The van der Waals surface area contributed by atoms with Crippen molar-refractivity contribution < 1.29 is 10.2 Å². The third-order valence-electron chi connectivity index (χ3n) is 4.45. The first kappa shape index (κ1) is 22.4. The van der Waals surface area contributed by atoms with Crippen LogP contribution in [-0.4, -0.2) is 22.9 Å². The first-order valence-electron chi connectivity index (χ1n) is 9.88. The van der Waals surface area contributed by atoms with Crippen molar-refractivity contribution >= 4 is 0 Å². The Bertz CT molecular complexity index is 551. The second-order valence-electron chi connectivity index (χ2n) is 7.61. The number of aliphatic hydroxyl groups excluding tert-OH is 2. The monoisotopic (exact) mass is 356 g/mol. The van der Waals surface area contributed by atoms with Crippen LogP contribution < -0.4 is 0 Å². The SMILES string of the molecule is CC(C)CC(O)Cc1ccccc1.CC(CCO)CCc1ccccc1. The van der Waals surface area contributed by atoms with E-state index >= 15 is 0 Å². The fourth-order valence-corrected chi connectivity index (χ4v) is 2.94. The van der Waals surface area contributed by atoms with E-state index in [9.17, 15) is 5.11 Å². The summed E-state index contributed by atoms with van der Waals surface area (Å²) in [6, 6.07) is 20.6. The zero-order chi connectivity index (χ0) is 19.2. The van der Waals surface area contributed by atoms with Gasteiger partial charge in [-0.25, -0.2) is 0 Å². The van der Waals surface area contributed by atoms with Crippen LogP contribution in [0, 0.1) is 11.8 Å². The Labute approximate surface area is 159 Å². The van der Waals surface area contributed by atoms with E-state index in [4.69, 9.17) is 5.11 Å². The number of aliphatic hydroxyl groups is 2. The molecule has 0 spiro atoms. The van der Waals surface area contributed by atoms with Crippen LogP contribution in [-0.2, 0) is 12.8 Å². The third kappa shape index (κ3) is 11.1. The summed E-state index contributed by atoms with van der Waals surface area (Å²) < 4.78 is 0. The maximum atomic E-state index is 9.67. The molecule has 0 heterocycles. The quantitative estimate of drug-likeness (QED) is 0.642. The summed E-state index contributed by atoms with van der Waals surface area (Å²) in [6.07, 6.45) is 4.69. The van der Waals surface area contributed by atoms with Crippen molar-refractivity contribution in [2.24, 2.45) is 11.8 Å². The van der Waals surface area contributed by atoms with Crippen LogP contribution >= 0.6 is 0 Å². The van der Waals surface area contributed by atoms with Gasteiger partial charge >= 0.3 is 0 Å². The van der Waals surface area contributed by atoms with Crippen LogP contribution in [0.2, 0.25) is 0 Å². The van der Waals surface area contributed by atoms with Crippen LogP contribution in [0.3, 0.4) is 0 Å². The molecular weight excluding hydrogens is 320 g/mol. The molecule has 0 radical (unpaired) electrons. The van der Waals surface area contributed by atoms with Crippen molar-refractivity contribution in [3.8, 4) is 0 Å². The van der Waals surface area contributed by atoms with E-state index in [1.165, 1.54) is 17.5 Å². The van der Waals surface area contributed by atoms with E-state index in [0.717, 1.165) is 25.7 Å². The summed E-state index contributed by atoms with van der Waals surface area (Å²) in [5.41, 5.74) is 2.61. The summed E-state index contributed by atoms with van der Waals surface area (Å²) in [4.78, 5) is 0. The molecule has 2 N–H and O–H groups in total. The van der Waals surface area contributed by atoms with Gasteiger partial charge < -0.3 is 10.2 Å². The van der Waals surface area contributed by atoms with Gasteiger partial charge in [0.25, 0.3) is 0 Å². The van der Waals surface area contributed by atoms with Gasteiger partial charge in [-0.2, -0.15) is 0 Å². The number of aryl methyl sites for hydroxylation is 1. The average molecular weight is 357 g/mol. The normalized spacial score (nSPS) is 13.0. The zero-order valence-corrected chi connectivity index (χ0v) is 16.6. The zero-order valence-electron chi connectivity index (χ0n) is 16.6. The molecule has 2 rings (SSSR count). The molecular formula is C24H36O2. The maximum absolute atomic E-state index is 9.67. The predicted octanol–water partition coefficient (Wildman–Crippen LogP) is 5.27. The molecule has 0 aliphatic carbocycles. The topological polar surface area (TPSA) is 40.5 Å². The van der Waals surface area contributed by atoms with Gasteiger partial charge in [0.15, 0.2) is 0 Å². The van der Waals surface area contributed by atoms with E-state index in [1.807, 2.05) is 24.3 Å². The van der Waals surface area contributed by atoms with Crippen molar-refractivity contribution in [1.82, 2.24) is 0 Å². The molecule has 2 heteroatoms. The van der Waals surface area contributed by atoms with Gasteiger partial charge in [-0.1, -0.05) is 81.4 Å². The smallest absolute Gasteiger partial charge is 0.0583 e. The van der Waals surface area contributed by atoms with Crippen LogP contribution in [0.25, 0.3) is 0 Å². The van der Waals surface area contributed by atoms with Gasteiger partial charge in [0.1, 0.15) is 0 Å². The molecule has 0 aliphatic rings. The fourth-order valence-electron chi connectivity index (χ4n) is 2.94. The van der Waals surface area contributed by atoms with Crippen LogP contribution in [0.5, 0.6) is 0 Å². The molecule has 0 saturated carbocycles. The molecule has 0 aromatic heterocycles. The second kappa shape index (κ2) is 13.5. The Kier molecular flexibility index (Phi) is 11.7. The minimum absolute atomic E-state index is 0.192. The number of hydrogen-bond acceptors (Lipinski definition) is 2. The Balaban J connectivity index is 0.000000260. The number of rotatable bonds is 9. The minimum atomic E-state index is -0.192. The van der Waals surface area contributed by atoms with Gasteiger partial charge in [0.2, 0.25) is 0 Å². The van der Waals surface area contributed by atoms with Crippen molar-refractivity contribution in [2.75, 3.05) is 6.61 Å². The summed E-state index contributed by atoms with van der Waals surface area (Å²) in [5.74, 6) is 1.20. The molecule has 2 nitrogen and oxygen atoms in total. The van der Waals surface area contributed by atoms with E-state index in [1.54, 1.807) is 0 Å². The minimum Gasteiger partial charge on any atom is -0.396 e. The summed E-state index contributed by atoms with van der Waals surface area (Å²) >= 11 is 0. The van der Waals surface area contributed by atoms with E-state index in [2.05, 4.69) is 57.2 Å². The predicted molar refractivity (Wildman–Crippen MR) is 111 cm³/mol. The Morgan fingerprint density at radius 1 is 0.769 bits per heavy atom. The third-order valence-corrected chi connectivity index (χ3v) is 4.45.